The summed E-state index contributed by atoms with van der Waals surface area (Å²) in [5.41, 5.74) is 3.16. The van der Waals surface area contributed by atoms with Crippen molar-refractivity contribution in [2.24, 2.45) is 0 Å². The first-order valence-electron chi connectivity index (χ1n) is 9.73. The maximum atomic E-state index is 13.9. The lowest BCUT2D eigenvalue weighted by molar-refractivity contribution is 0.132. The van der Waals surface area contributed by atoms with Crippen LogP contribution in [0.2, 0.25) is 0 Å². The molecule has 8 heteroatoms. The summed E-state index contributed by atoms with van der Waals surface area (Å²) >= 11 is 0. The number of carbonyl (C=O) groups is 1. The number of benzene rings is 1. The molecule has 1 aliphatic carbocycles. The quantitative estimate of drug-likeness (QED) is 0.841. The molecule has 1 unspecified atom stereocenters. The maximum Gasteiger partial charge on any atom is 0.317 e. The van der Waals surface area contributed by atoms with Crippen LogP contribution in [0.1, 0.15) is 23.4 Å². The second-order valence-corrected chi connectivity index (χ2v) is 7.45. The second kappa shape index (κ2) is 8.18. The molecule has 1 aromatic heterocycles. The first-order valence-corrected chi connectivity index (χ1v) is 9.73. The Morgan fingerprint density at radius 3 is 2.93 bits per heavy atom. The number of aromatic amines is 1. The fourth-order valence-electron chi connectivity index (χ4n) is 3.97. The van der Waals surface area contributed by atoms with E-state index in [2.05, 4.69) is 20.2 Å². The Kier molecular flexibility index (Phi) is 5.47. The molecule has 1 saturated heterocycles. The molecule has 1 atom stereocenters. The number of rotatable bonds is 4. The van der Waals surface area contributed by atoms with E-state index in [0.717, 1.165) is 49.3 Å². The third-order valence-electron chi connectivity index (χ3n) is 5.60. The highest BCUT2D eigenvalue weighted by Gasteiger charge is 2.26. The van der Waals surface area contributed by atoms with Crippen LogP contribution in [0.3, 0.4) is 0 Å². The van der Waals surface area contributed by atoms with Gasteiger partial charge in [-0.05, 0) is 30.5 Å². The van der Waals surface area contributed by atoms with E-state index < -0.39 is 0 Å². The molecule has 2 aromatic rings. The molecule has 1 aliphatic heterocycles. The lowest BCUT2D eigenvalue weighted by Gasteiger charge is -2.36. The summed E-state index contributed by atoms with van der Waals surface area (Å²) in [7, 11) is 1.46. The molecule has 28 heavy (non-hydrogen) atoms. The first kappa shape index (κ1) is 18.7. The van der Waals surface area contributed by atoms with Gasteiger partial charge < -0.3 is 19.9 Å². The zero-order valence-electron chi connectivity index (χ0n) is 16.1. The number of nitrogens with zero attached hydrogens (tertiary/aromatic N) is 3. The van der Waals surface area contributed by atoms with Crippen LogP contribution in [0.25, 0.3) is 0 Å². The van der Waals surface area contributed by atoms with Crippen molar-refractivity contribution in [3.05, 3.63) is 47.3 Å². The summed E-state index contributed by atoms with van der Waals surface area (Å²) < 4.78 is 18.8. The molecule has 150 valence electrons. The number of imidazole rings is 1. The van der Waals surface area contributed by atoms with Crippen molar-refractivity contribution in [2.75, 3.05) is 33.3 Å². The van der Waals surface area contributed by atoms with Gasteiger partial charge in [0.25, 0.3) is 0 Å². The predicted octanol–water partition coefficient (Wildman–Crippen LogP) is 1.94. The number of carbonyl (C=O) groups excluding carboxylic acids is 1. The fraction of sp³-hybridized carbons (Fsp3) is 0.500. The number of hydrogen-bond donors (Lipinski definition) is 2. The molecule has 1 aromatic carbocycles. The third kappa shape index (κ3) is 4.11. The van der Waals surface area contributed by atoms with Crippen LogP contribution < -0.4 is 10.1 Å². The van der Waals surface area contributed by atoms with E-state index in [4.69, 9.17) is 4.74 Å². The molecule has 2 heterocycles. The van der Waals surface area contributed by atoms with Gasteiger partial charge in [-0.3, -0.25) is 4.90 Å². The Labute approximate surface area is 163 Å². The minimum atomic E-state index is -0.342. The number of H-pyrrole nitrogens is 1. The van der Waals surface area contributed by atoms with Crippen LogP contribution in [0.15, 0.2) is 24.5 Å². The molecule has 0 saturated carbocycles. The number of urea groups is 1. The number of amides is 2. The highest BCUT2D eigenvalue weighted by atomic mass is 19.1. The summed E-state index contributed by atoms with van der Waals surface area (Å²) in [6.07, 6.45) is 4.36. The molecule has 1 fully saturated rings. The molecule has 2 amide bonds. The number of aromatic nitrogens is 2. The van der Waals surface area contributed by atoms with Crippen molar-refractivity contribution in [3.8, 4) is 5.75 Å². The van der Waals surface area contributed by atoms with Gasteiger partial charge in [0.1, 0.15) is 0 Å². The lowest BCUT2D eigenvalue weighted by atomic mass is 9.96. The number of halogens is 1. The summed E-state index contributed by atoms with van der Waals surface area (Å²) in [6.45, 7) is 3.56. The monoisotopic (exact) mass is 387 g/mol. The lowest BCUT2D eigenvalue weighted by Crippen LogP contribution is -2.53. The first-order chi connectivity index (χ1) is 13.6. The smallest absolute Gasteiger partial charge is 0.317 e. The molecular weight excluding hydrogens is 361 g/mol. The molecule has 2 aliphatic rings. The maximum absolute atomic E-state index is 13.9. The van der Waals surface area contributed by atoms with Crippen molar-refractivity contribution in [1.29, 1.82) is 0 Å². The Morgan fingerprint density at radius 1 is 1.36 bits per heavy atom. The fourth-order valence-corrected chi connectivity index (χ4v) is 3.97. The number of aryl methyl sites for hydroxylation is 1. The van der Waals surface area contributed by atoms with E-state index in [-0.39, 0.29) is 23.6 Å². The average Bonchev–Trinajstić information content (AvgIpc) is 3.16. The standard InChI is InChI=1S/C20H26FN5O2/c1-28-19-5-2-14(10-16(19)21)12-25-6-8-26(9-7-25)20(27)24-15-3-4-17-18(11-15)23-13-22-17/h2,5,10,13,15H,3-4,6-9,11-12H2,1H3,(H,22,23)(H,24,27). The van der Waals surface area contributed by atoms with E-state index in [1.807, 2.05) is 11.0 Å². The van der Waals surface area contributed by atoms with Crippen LogP contribution in [0, 0.1) is 5.82 Å². The topological polar surface area (TPSA) is 73.5 Å². The minimum absolute atomic E-state index is 0.00288. The molecule has 0 spiro atoms. The summed E-state index contributed by atoms with van der Waals surface area (Å²) in [5, 5.41) is 3.16. The summed E-state index contributed by atoms with van der Waals surface area (Å²) in [4.78, 5) is 24.2. The van der Waals surface area contributed by atoms with Gasteiger partial charge in [-0.15, -0.1) is 0 Å². The van der Waals surface area contributed by atoms with Crippen LogP contribution in [-0.4, -0.2) is 65.1 Å². The minimum Gasteiger partial charge on any atom is -0.494 e. The average molecular weight is 387 g/mol. The van der Waals surface area contributed by atoms with Gasteiger partial charge in [0.2, 0.25) is 0 Å². The van der Waals surface area contributed by atoms with Gasteiger partial charge >= 0.3 is 6.03 Å². The number of hydrogen-bond acceptors (Lipinski definition) is 4. The highest BCUT2D eigenvalue weighted by molar-refractivity contribution is 5.74. The number of ether oxygens (including phenoxy) is 1. The summed E-state index contributed by atoms with van der Waals surface area (Å²) in [5.74, 6) is -0.0823. The third-order valence-corrected chi connectivity index (χ3v) is 5.60. The van der Waals surface area contributed by atoms with E-state index in [1.54, 1.807) is 12.4 Å². The SMILES string of the molecule is COc1ccc(CN2CCN(C(=O)NC3CCc4nc[nH]c4C3)CC2)cc1F. The van der Waals surface area contributed by atoms with E-state index in [9.17, 15) is 9.18 Å². The molecule has 0 radical (unpaired) electrons. The number of nitrogens with one attached hydrogen (secondary N) is 2. The van der Waals surface area contributed by atoms with Crippen molar-refractivity contribution < 1.29 is 13.9 Å². The zero-order chi connectivity index (χ0) is 19.5. The molecule has 2 N–H and O–H groups in total. The molecule has 4 rings (SSSR count). The van der Waals surface area contributed by atoms with Gasteiger partial charge in [0, 0.05) is 50.9 Å². The van der Waals surface area contributed by atoms with Crippen molar-refractivity contribution in [1.82, 2.24) is 25.1 Å². The van der Waals surface area contributed by atoms with Crippen LogP contribution >= 0.6 is 0 Å². The zero-order valence-corrected chi connectivity index (χ0v) is 16.1. The number of piperazine rings is 1. The van der Waals surface area contributed by atoms with E-state index in [1.165, 1.54) is 13.2 Å². The van der Waals surface area contributed by atoms with Crippen LogP contribution in [0.5, 0.6) is 5.75 Å². The number of methoxy groups -OCH3 is 1. The summed E-state index contributed by atoms with van der Waals surface area (Å²) in [6, 6.07) is 5.21. The Hall–Kier alpha value is -2.61. The van der Waals surface area contributed by atoms with Gasteiger partial charge in [-0.1, -0.05) is 6.07 Å². The van der Waals surface area contributed by atoms with E-state index in [0.29, 0.717) is 19.6 Å². The molecular formula is C20H26FN5O2. The van der Waals surface area contributed by atoms with Crippen LogP contribution in [0.4, 0.5) is 9.18 Å². The molecule has 7 nitrogen and oxygen atoms in total. The largest absolute Gasteiger partial charge is 0.494 e. The Bertz CT molecular complexity index is 832. The second-order valence-electron chi connectivity index (χ2n) is 7.45. The van der Waals surface area contributed by atoms with Gasteiger partial charge in [-0.25, -0.2) is 14.2 Å². The van der Waals surface area contributed by atoms with Gasteiger partial charge in [-0.2, -0.15) is 0 Å². The van der Waals surface area contributed by atoms with Gasteiger partial charge in [0.15, 0.2) is 11.6 Å². The van der Waals surface area contributed by atoms with E-state index >= 15 is 0 Å². The predicted molar refractivity (Wildman–Crippen MR) is 103 cm³/mol. The van der Waals surface area contributed by atoms with Crippen LogP contribution in [-0.2, 0) is 19.4 Å². The Balaban J connectivity index is 1.25. The van der Waals surface area contributed by atoms with Crippen molar-refractivity contribution in [3.63, 3.8) is 0 Å². The van der Waals surface area contributed by atoms with Crippen molar-refractivity contribution in [2.45, 2.75) is 31.8 Å². The van der Waals surface area contributed by atoms with Gasteiger partial charge in [0.05, 0.1) is 19.1 Å². The molecule has 0 bridgehead atoms. The number of fused-ring (bicyclic) bond motifs is 1. The highest BCUT2D eigenvalue weighted by Crippen LogP contribution is 2.20. The Morgan fingerprint density at radius 2 is 2.18 bits per heavy atom. The normalized spacial score (nSPS) is 19.9. The van der Waals surface area contributed by atoms with Crippen molar-refractivity contribution >= 4 is 6.03 Å².